The molecule has 0 spiro atoms. The maximum Gasteiger partial charge on any atom is 0.0544 e. The number of hydrogen-bond acceptors (Lipinski definition) is 3. The predicted octanol–water partition coefficient (Wildman–Crippen LogP) is 3.34. The van der Waals surface area contributed by atoms with Crippen LogP contribution < -0.4 is 5.73 Å². The first-order valence-electron chi connectivity index (χ1n) is 6.35. The molecule has 2 N–H and O–H groups in total. The smallest absolute Gasteiger partial charge is 0.0544 e. The molecule has 0 saturated heterocycles. The maximum absolute atomic E-state index is 6.20. The fourth-order valence-corrected chi connectivity index (χ4v) is 2.13. The lowest BCUT2D eigenvalue weighted by Crippen LogP contribution is -2.23. The summed E-state index contributed by atoms with van der Waals surface area (Å²) >= 11 is 6.20. The second-order valence-corrected chi connectivity index (χ2v) is 4.88. The number of pyridine rings is 1. The molecular weight excluding hydrogens is 258 g/mol. The SMILES string of the molecule is CCN(Cc1ccccn1)Cc1cc(N)ccc1Cl. The Bertz CT molecular complexity index is 528. The minimum Gasteiger partial charge on any atom is -0.399 e. The summed E-state index contributed by atoms with van der Waals surface area (Å²) in [6.07, 6.45) is 1.82. The number of benzene rings is 1. The lowest BCUT2D eigenvalue weighted by Gasteiger charge is -2.20. The van der Waals surface area contributed by atoms with Crippen LogP contribution in [0.4, 0.5) is 5.69 Å². The summed E-state index contributed by atoms with van der Waals surface area (Å²) in [6, 6.07) is 11.6. The minimum atomic E-state index is 0.744. The summed E-state index contributed by atoms with van der Waals surface area (Å²) in [5.41, 5.74) is 8.67. The van der Waals surface area contributed by atoms with E-state index in [-0.39, 0.29) is 0 Å². The van der Waals surface area contributed by atoms with Crippen molar-refractivity contribution in [2.75, 3.05) is 12.3 Å². The molecule has 4 heteroatoms. The number of nitrogen functional groups attached to an aromatic ring is 1. The van der Waals surface area contributed by atoms with E-state index >= 15 is 0 Å². The molecule has 0 saturated carbocycles. The number of nitrogens with zero attached hydrogens (tertiary/aromatic N) is 2. The Morgan fingerprint density at radius 3 is 2.74 bits per heavy atom. The molecule has 0 atom stereocenters. The summed E-state index contributed by atoms with van der Waals surface area (Å²) in [7, 11) is 0. The molecular formula is C15H18ClN3. The molecule has 0 aliphatic carbocycles. The average Bonchev–Trinajstić information content (AvgIpc) is 2.43. The van der Waals surface area contributed by atoms with Crippen LogP contribution in [0.3, 0.4) is 0 Å². The summed E-state index contributed by atoms with van der Waals surface area (Å²) in [6.45, 7) is 4.64. The zero-order valence-corrected chi connectivity index (χ0v) is 11.8. The van der Waals surface area contributed by atoms with Crippen molar-refractivity contribution in [3.8, 4) is 0 Å². The van der Waals surface area contributed by atoms with Crippen LogP contribution in [-0.4, -0.2) is 16.4 Å². The Kier molecular flexibility index (Phi) is 4.77. The van der Waals surface area contributed by atoms with Gasteiger partial charge in [0, 0.05) is 30.0 Å². The molecule has 0 unspecified atom stereocenters. The van der Waals surface area contributed by atoms with Crippen molar-refractivity contribution in [1.82, 2.24) is 9.88 Å². The third kappa shape index (κ3) is 3.94. The van der Waals surface area contributed by atoms with Gasteiger partial charge in [0.25, 0.3) is 0 Å². The van der Waals surface area contributed by atoms with Crippen LogP contribution in [0.15, 0.2) is 42.6 Å². The van der Waals surface area contributed by atoms with Gasteiger partial charge in [0.15, 0.2) is 0 Å². The van der Waals surface area contributed by atoms with Crippen LogP contribution in [0.25, 0.3) is 0 Å². The van der Waals surface area contributed by atoms with Gasteiger partial charge in [0.1, 0.15) is 0 Å². The van der Waals surface area contributed by atoms with Crippen LogP contribution in [-0.2, 0) is 13.1 Å². The first-order valence-corrected chi connectivity index (χ1v) is 6.73. The number of hydrogen-bond donors (Lipinski definition) is 1. The molecule has 1 heterocycles. The fourth-order valence-electron chi connectivity index (χ4n) is 1.96. The Balaban J connectivity index is 2.09. The molecule has 3 nitrogen and oxygen atoms in total. The van der Waals surface area contributed by atoms with E-state index in [1.165, 1.54) is 0 Å². The molecule has 1 aromatic carbocycles. The quantitative estimate of drug-likeness (QED) is 0.851. The van der Waals surface area contributed by atoms with Crippen LogP contribution in [0.5, 0.6) is 0 Å². The highest BCUT2D eigenvalue weighted by molar-refractivity contribution is 6.31. The first-order chi connectivity index (χ1) is 9.19. The normalized spacial score (nSPS) is 10.9. The first kappa shape index (κ1) is 13.8. The van der Waals surface area contributed by atoms with Crippen molar-refractivity contribution in [2.24, 2.45) is 0 Å². The highest BCUT2D eigenvalue weighted by atomic mass is 35.5. The summed E-state index contributed by atoms with van der Waals surface area (Å²) in [5.74, 6) is 0. The Morgan fingerprint density at radius 2 is 2.05 bits per heavy atom. The molecule has 0 radical (unpaired) electrons. The van der Waals surface area contributed by atoms with Gasteiger partial charge in [-0.1, -0.05) is 24.6 Å². The molecule has 0 bridgehead atoms. The molecule has 0 fully saturated rings. The van der Waals surface area contributed by atoms with Crippen LogP contribution in [0, 0.1) is 0 Å². The summed E-state index contributed by atoms with van der Waals surface area (Å²) in [4.78, 5) is 6.63. The van der Waals surface area contributed by atoms with Crippen LogP contribution >= 0.6 is 11.6 Å². The standard InChI is InChI=1S/C15H18ClN3/c1-2-19(11-14-5-3-4-8-18-14)10-12-9-13(17)6-7-15(12)16/h3-9H,2,10-11,17H2,1H3. The van der Waals surface area contributed by atoms with E-state index < -0.39 is 0 Å². The second-order valence-electron chi connectivity index (χ2n) is 4.48. The van der Waals surface area contributed by atoms with Gasteiger partial charge in [-0.3, -0.25) is 9.88 Å². The van der Waals surface area contributed by atoms with E-state index in [2.05, 4.69) is 16.8 Å². The predicted molar refractivity (Wildman–Crippen MR) is 79.9 cm³/mol. The van der Waals surface area contributed by atoms with Crippen molar-refractivity contribution in [3.05, 3.63) is 58.9 Å². The van der Waals surface area contributed by atoms with Crippen molar-refractivity contribution in [3.63, 3.8) is 0 Å². The zero-order chi connectivity index (χ0) is 13.7. The largest absolute Gasteiger partial charge is 0.399 e. The van der Waals surface area contributed by atoms with Gasteiger partial charge in [0.2, 0.25) is 0 Å². The summed E-state index contributed by atoms with van der Waals surface area (Å²) in [5, 5.41) is 0.758. The molecule has 0 aliphatic heterocycles. The number of halogens is 1. The molecule has 2 rings (SSSR count). The summed E-state index contributed by atoms with van der Waals surface area (Å²) < 4.78 is 0. The van der Waals surface area contributed by atoms with Gasteiger partial charge in [-0.05, 0) is 42.4 Å². The topological polar surface area (TPSA) is 42.2 Å². The van der Waals surface area contributed by atoms with E-state index in [0.717, 1.165) is 41.6 Å². The van der Waals surface area contributed by atoms with Crippen molar-refractivity contribution < 1.29 is 0 Å². The van der Waals surface area contributed by atoms with Crippen molar-refractivity contribution in [2.45, 2.75) is 20.0 Å². The van der Waals surface area contributed by atoms with Gasteiger partial charge in [0.05, 0.1) is 5.69 Å². The zero-order valence-electron chi connectivity index (χ0n) is 11.0. The van der Waals surface area contributed by atoms with Gasteiger partial charge in [-0.25, -0.2) is 0 Å². The Labute approximate surface area is 119 Å². The average molecular weight is 276 g/mol. The number of rotatable bonds is 5. The molecule has 0 aliphatic rings. The highest BCUT2D eigenvalue weighted by Crippen LogP contribution is 2.21. The van der Waals surface area contributed by atoms with Crippen molar-refractivity contribution in [1.29, 1.82) is 0 Å². The molecule has 1 aromatic heterocycles. The van der Waals surface area contributed by atoms with E-state index in [1.807, 2.05) is 42.6 Å². The second kappa shape index (κ2) is 6.55. The lowest BCUT2D eigenvalue weighted by atomic mass is 10.2. The van der Waals surface area contributed by atoms with E-state index in [4.69, 9.17) is 17.3 Å². The highest BCUT2D eigenvalue weighted by Gasteiger charge is 2.08. The third-order valence-corrected chi connectivity index (χ3v) is 3.39. The lowest BCUT2D eigenvalue weighted by molar-refractivity contribution is 0.268. The Morgan fingerprint density at radius 1 is 1.21 bits per heavy atom. The van der Waals surface area contributed by atoms with Crippen LogP contribution in [0.2, 0.25) is 5.02 Å². The maximum atomic E-state index is 6.20. The minimum absolute atomic E-state index is 0.744. The fraction of sp³-hybridized carbons (Fsp3) is 0.267. The number of nitrogens with two attached hydrogens (primary N) is 1. The van der Waals surface area contributed by atoms with Gasteiger partial charge < -0.3 is 5.73 Å². The molecule has 2 aromatic rings. The Hall–Kier alpha value is -1.58. The molecule has 19 heavy (non-hydrogen) atoms. The van der Waals surface area contributed by atoms with E-state index in [0.29, 0.717) is 0 Å². The van der Waals surface area contributed by atoms with Crippen molar-refractivity contribution >= 4 is 17.3 Å². The van der Waals surface area contributed by atoms with Gasteiger partial charge in [-0.2, -0.15) is 0 Å². The monoisotopic (exact) mass is 275 g/mol. The number of anilines is 1. The molecule has 100 valence electrons. The van der Waals surface area contributed by atoms with Crippen LogP contribution in [0.1, 0.15) is 18.2 Å². The van der Waals surface area contributed by atoms with Gasteiger partial charge >= 0.3 is 0 Å². The molecule has 0 amide bonds. The third-order valence-electron chi connectivity index (χ3n) is 3.02. The van der Waals surface area contributed by atoms with E-state index in [9.17, 15) is 0 Å². The number of aromatic nitrogens is 1. The van der Waals surface area contributed by atoms with Gasteiger partial charge in [-0.15, -0.1) is 0 Å². The van der Waals surface area contributed by atoms with E-state index in [1.54, 1.807) is 0 Å².